The van der Waals surface area contributed by atoms with Gasteiger partial charge in [-0.05, 0) is 105 Å². The van der Waals surface area contributed by atoms with Gasteiger partial charge in [0.15, 0.2) is 0 Å². The van der Waals surface area contributed by atoms with Crippen molar-refractivity contribution in [1.82, 2.24) is 8.97 Å². The summed E-state index contributed by atoms with van der Waals surface area (Å²) < 4.78 is 4.94. The molecule has 0 N–H and O–H groups in total. The highest BCUT2D eigenvalue weighted by molar-refractivity contribution is 6.10. The second-order valence-corrected chi connectivity index (χ2v) is 16.6. The van der Waals surface area contributed by atoms with E-state index in [9.17, 15) is 0 Å². The van der Waals surface area contributed by atoms with E-state index in [1.807, 2.05) is 0 Å². The number of aromatic nitrogens is 2. The van der Waals surface area contributed by atoms with E-state index < -0.39 is 0 Å². The minimum absolute atomic E-state index is 0.112. The zero-order valence-electron chi connectivity index (χ0n) is 33.5. The third kappa shape index (κ3) is 5.09. The maximum Gasteiger partial charge on any atom is 0.131 e. The standard InChI is InChI=1S/C57H41N3/c1-57(2)49-22-10-8-20-46(49)47-36-35-44(37-50(47)57)58(42-31-27-39(28-32-42)38-15-4-3-5-16-38)43-33-29-41(30-34-43)55-48-21-9-11-23-52(48)60-54-25-13-12-24-53(54)59(56(55)60)51-26-14-18-40-17-6-7-19-45(40)51/h3-37H,1-2H3. The van der Waals surface area contributed by atoms with Crippen LogP contribution < -0.4 is 4.90 Å². The Morgan fingerprint density at radius 3 is 1.75 bits per heavy atom. The number of para-hydroxylation sites is 3. The minimum Gasteiger partial charge on any atom is -0.310 e. The molecule has 11 aromatic rings. The van der Waals surface area contributed by atoms with Crippen LogP contribution in [-0.2, 0) is 5.41 Å². The third-order valence-corrected chi connectivity index (χ3v) is 12.9. The van der Waals surface area contributed by atoms with Gasteiger partial charge in [-0.25, -0.2) is 0 Å². The second-order valence-electron chi connectivity index (χ2n) is 16.6. The van der Waals surface area contributed by atoms with Crippen LogP contribution in [0.2, 0.25) is 0 Å². The molecular weight excluding hydrogens is 727 g/mol. The number of rotatable bonds is 6. The fraction of sp³-hybridized carbons (Fsp3) is 0.0526. The van der Waals surface area contributed by atoms with Gasteiger partial charge in [-0.2, -0.15) is 0 Å². The number of hydrogen-bond donors (Lipinski definition) is 0. The summed E-state index contributed by atoms with van der Waals surface area (Å²) in [5.41, 5.74) is 19.3. The van der Waals surface area contributed by atoms with E-state index in [4.69, 9.17) is 0 Å². The molecule has 0 amide bonds. The summed E-state index contributed by atoms with van der Waals surface area (Å²) in [4.78, 5) is 2.42. The fourth-order valence-electron chi connectivity index (χ4n) is 10.1. The molecule has 2 heterocycles. The number of benzene rings is 9. The van der Waals surface area contributed by atoms with Crippen molar-refractivity contribution in [1.29, 1.82) is 0 Å². The molecular formula is C57H41N3. The van der Waals surface area contributed by atoms with Crippen LogP contribution >= 0.6 is 0 Å². The van der Waals surface area contributed by atoms with E-state index in [2.05, 4.69) is 240 Å². The highest BCUT2D eigenvalue weighted by atomic mass is 15.1. The Hall–Kier alpha value is -7.62. The molecule has 3 heteroatoms. The largest absolute Gasteiger partial charge is 0.310 e. The summed E-state index contributed by atoms with van der Waals surface area (Å²) in [5.74, 6) is 0. The summed E-state index contributed by atoms with van der Waals surface area (Å²) in [5, 5.41) is 3.68. The molecule has 0 saturated heterocycles. The Labute approximate surface area is 349 Å². The fourth-order valence-corrected chi connectivity index (χ4v) is 10.1. The van der Waals surface area contributed by atoms with Crippen LogP contribution in [0.25, 0.3) is 77.4 Å². The van der Waals surface area contributed by atoms with Gasteiger partial charge in [-0.3, -0.25) is 8.97 Å². The molecule has 0 atom stereocenters. The van der Waals surface area contributed by atoms with Gasteiger partial charge in [-0.15, -0.1) is 0 Å². The molecule has 0 aliphatic heterocycles. The molecule has 60 heavy (non-hydrogen) atoms. The van der Waals surface area contributed by atoms with Crippen molar-refractivity contribution in [3.05, 3.63) is 223 Å². The Bertz CT molecular complexity index is 3430. The summed E-state index contributed by atoms with van der Waals surface area (Å²) in [6, 6.07) is 77.8. The van der Waals surface area contributed by atoms with E-state index in [1.54, 1.807) is 0 Å². The lowest BCUT2D eigenvalue weighted by Crippen LogP contribution is -2.16. The van der Waals surface area contributed by atoms with E-state index in [0.717, 1.165) is 22.7 Å². The molecule has 2 aromatic heterocycles. The van der Waals surface area contributed by atoms with Crippen molar-refractivity contribution in [2.45, 2.75) is 19.3 Å². The Morgan fingerprint density at radius 1 is 0.400 bits per heavy atom. The van der Waals surface area contributed by atoms with Crippen LogP contribution in [0.4, 0.5) is 17.1 Å². The van der Waals surface area contributed by atoms with Crippen molar-refractivity contribution in [3.8, 4) is 39.1 Å². The SMILES string of the molecule is CC1(C)c2ccccc2-c2ccc(N(c3ccc(-c4ccccc4)cc3)c3ccc(-c4c5ccccc5n5c6ccccc6n(-c6cccc7ccccc67)c45)cc3)cc21. The zero-order chi connectivity index (χ0) is 40.0. The lowest BCUT2D eigenvalue weighted by atomic mass is 9.82. The molecule has 12 rings (SSSR count). The van der Waals surface area contributed by atoms with Crippen molar-refractivity contribution in [2.24, 2.45) is 0 Å². The van der Waals surface area contributed by atoms with Crippen molar-refractivity contribution >= 4 is 55.4 Å². The predicted molar refractivity (Wildman–Crippen MR) is 252 cm³/mol. The molecule has 9 aromatic carbocycles. The molecule has 3 nitrogen and oxygen atoms in total. The Balaban J connectivity index is 1.05. The third-order valence-electron chi connectivity index (χ3n) is 12.9. The number of imidazole rings is 1. The molecule has 0 spiro atoms. The highest BCUT2D eigenvalue weighted by Crippen LogP contribution is 2.51. The molecule has 0 radical (unpaired) electrons. The van der Waals surface area contributed by atoms with E-state index in [1.165, 1.54) is 82.9 Å². The first kappa shape index (κ1) is 34.4. The summed E-state index contributed by atoms with van der Waals surface area (Å²) >= 11 is 0. The van der Waals surface area contributed by atoms with Gasteiger partial charge in [0, 0.05) is 38.8 Å². The van der Waals surface area contributed by atoms with Gasteiger partial charge < -0.3 is 4.90 Å². The summed E-state index contributed by atoms with van der Waals surface area (Å²) in [6.45, 7) is 4.71. The maximum atomic E-state index is 2.48. The van der Waals surface area contributed by atoms with Crippen LogP contribution in [0.15, 0.2) is 212 Å². The van der Waals surface area contributed by atoms with Crippen molar-refractivity contribution in [3.63, 3.8) is 0 Å². The number of fused-ring (bicyclic) bond motifs is 9. The molecule has 0 saturated carbocycles. The summed E-state index contributed by atoms with van der Waals surface area (Å²) in [6.07, 6.45) is 0. The van der Waals surface area contributed by atoms with Crippen LogP contribution in [0, 0.1) is 0 Å². The first-order chi connectivity index (χ1) is 29.5. The van der Waals surface area contributed by atoms with Gasteiger partial charge >= 0.3 is 0 Å². The van der Waals surface area contributed by atoms with Crippen LogP contribution in [0.3, 0.4) is 0 Å². The van der Waals surface area contributed by atoms with Crippen molar-refractivity contribution < 1.29 is 0 Å². The molecule has 0 bridgehead atoms. The first-order valence-electron chi connectivity index (χ1n) is 20.9. The van der Waals surface area contributed by atoms with Crippen molar-refractivity contribution in [2.75, 3.05) is 4.90 Å². The topological polar surface area (TPSA) is 12.6 Å². The highest BCUT2D eigenvalue weighted by Gasteiger charge is 2.36. The molecule has 1 aliphatic rings. The lowest BCUT2D eigenvalue weighted by molar-refractivity contribution is 0.660. The zero-order valence-corrected chi connectivity index (χ0v) is 33.5. The molecule has 1 aliphatic carbocycles. The monoisotopic (exact) mass is 767 g/mol. The predicted octanol–water partition coefficient (Wildman–Crippen LogP) is 15.3. The maximum absolute atomic E-state index is 2.48. The number of nitrogens with zero attached hydrogens (tertiary/aromatic N) is 3. The molecule has 0 fully saturated rings. The lowest BCUT2D eigenvalue weighted by Gasteiger charge is -2.28. The van der Waals surface area contributed by atoms with Gasteiger partial charge in [0.2, 0.25) is 0 Å². The second kappa shape index (κ2) is 13.2. The number of anilines is 3. The molecule has 284 valence electrons. The van der Waals surface area contributed by atoms with Gasteiger partial charge in [-0.1, -0.05) is 166 Å². The summed E-state index contributed by atoms with van der Waals surface area (Å²) in [7, 11) is 0. The van der Waals surface area contributed by atoms with Crippen LogP contribution in [0.5, 0.6) is 0 Å². The average Bonchev–Trinajstić information content (AvgIpc) is 3.90. The number of hydrogen-bond acceptors (Lipinski definition) is 1. The minimum atomic E-state index is -0.112. The van der Waals surface area contributed by atoms with Gasteiger partial charge in [0.1, 0.15) is 5.65 Å². The smallest absolute Gasteiger partial charge is 0.131 e. The quantitative estimate of drug-likeness (QED) is 0.164. The van der Waals surface area contributed by atoms with E-state index in [0.29, 0.717) is 0 Å². The Morgan fingerprint density at radius 2 is 0.967 bits per heavy atom. The first-order valence-corrected chi connectivity index (χ1v) is 20.9. The van der Waals surface area contributed by atoms with Gasteiger partial charge in [0.05, 0.1) is 22.2 Å². The van der Waals surface area contributed by atoms with Crippen LogP contribution in [0.1, 0.15) is 25.0 Å². The van der Waals surface area contributed by atoms with Gasteiger partial charge in [0.25, 0.3) is 0 Å². The average molecular weight is 768 g/mol. The van der Waals surface area contributed by atoms with E-state index >= 15 is 0 Å². The van der Waals surface area contributed by atoms with Crippen LogP contribution in [-0.4, -0.2) is 8.97 Å². The molecule has 0 unspecified atom stereocenters. The Kier molecular flexibility index (Phi) is 7.58. The van der Waals surface area contributed by atoms with E-state index in [-0.39, 0.29) is 5.41 Å². The normalized spacial score (nSPS) is 13.0.